The quantitative estimate of drug-likeness (QED) is 0.909. The molecule has 0 saturated heterocycles. The van der Waals surface area contributed by atoms with Crippen LogP contribution in [0.3, 0.4) is 0 Å². The fourth-order valence-electron chi connectivity index (χ4n) is 1.79. The third kappa shape index (κ3) is 2.71. The van der Waals surface area contributed by atoms with Crippen LogP contribution in [0.1, 0.15) is 16.7 Å². The van der Waals surface area contributed by atoms with Crippen molar-refractivity contribution in [1.29, 1.82) is 5.26 Å². The minimum atomic E-state index is -0.536. The van der Waals surface area contributed by atoms with Crippen molar-refractivity contribution < 1.29 is 8.78 Å². The molecule has 4 heteroatoms. The molecule has 1 N–H and O–H groups in total. The molecule has 0 unspecified atom stereocenters. The Morgan fingerprint density at radius 2 is 1.89 bits per heavy atom. The lowest BCUT2D eigenvalue weighted by atomic mass is 10.1. The van der Waals surface area contributed by atoms with Crippen LogP contribution in [0.25, 0.3) is 0 Å². The van der Waals surface area contributed by atoms with Gasteiger partial charge in [0.15, 0.2) is 0 Å². The first kappa shape index (κ1) is 13.0. The molecule has 2 nitrogen and oxygen atoms in total. The van der Waals surface area contributed by atoms with Gasteiger partial charge in [-0.2, -0.15) is 5.26 Å². The van der Waals surface area contributed by atoms with Crippen LogP contribution in [0, 0.1) is 29.9 Å². The van der Waals surface area contributed by atoms with Crippen molar-refractivity contribution in [3.63, 3.8) is 0 Å². The van der Waals surface area contributed by atoms with Gasteiger partial charge in [-0.05, 0) is 25.1 Å². The standard InChI is InChI=1S/C15H12F2N2/c1-10-13(16)6-3-7-14(10)19-9-12-5-2-4-11(8-18)15(12)17/h2-7,19H,9H2,1H3. The summed E-state index contributed by atoms with van der Waals surface area (Å²) in [4.78, 5) is 0. The Kier molecular flexibility index (Phi) is 3.76. The summed E-state index contributed by atoms with van der Waals surface area (Å²) < 4.78 is 27.2. The SMILES string of the molecule is Cc1c(F)cccc1NCc1cccc(C#N)c1F. The number of nitriles is 1. The van der Waals surface area contributed by atoms with Crippen LogP contribution in [0.4, 0.5) is 14.5 Å². The first-order chi connectivity index (χ1) is 9.13. The molecule has 0 aliphatic rings. The second kappa shape index (κ2) is 5.49. The molecule has 0 radical (unpaired) electrons. The van der Waals surface area contributed by atoms with Crippen molar-refractivity contribution in [2.45, 2.75) is 13.5 Å². The van der Waals surface area contributed by atoms with E-state index in [4.69, 9.17) is 5.26 Å². The van der Waals surface area contributed by atoms with E-state index in [0.29, 0.717) is 16.8 Å². The largest absolute Gasteiger partial charge is 0.381 e. The molecule has 2 rings (SSSR count). The summed E-state index contributed by atoms with van der Waals surface area (Å²) in [6, 6.07) is 11.1. The maximum atomic E-state index is 13.8. The molecule has 0 aromatic heterocycles. The summed E-state index contributed by atoms with van der Waals surface area (Å²) in [5, 5.41) is 11.7. The number of hydrogen-bond donors (Lipinski definition) is 1. The Balaban J connectivity index is 2.20. The summed E-state index contributed by atoms with van der Waals surface area (Å²) in [6.07, 6.45) is 0. The Hall–Kier alpha value is -2.41. The van der Waals surface area contributed by atoms with Gasteiger partial charge in [-0.15, -0.1) is 0 Å². The van der Waals surface area contributed by atoms with Crippen molar-refractivity contribution in [3.05, 3.63) is 64.7 Å². The fourth-order valence-corrected chi connectivity index (χ4v) is 1.79. The zero-order valence-corrected chi connectivity index (χ0v) is 10.4. The Morgan fingerprint density at radius 1 is 1.16 bits per heavy atom. The minimum Gasteiger partial charge on any atom is -0.381 e. The predicted octanol–water partition coefficient (Wildman–Crippen LogP) is 3.76. The molecule has 2 aromatic rings. The summed E-state index contributed by atoms with van der Waals surface area (Å²) in [6.45, 7) is 1.85. The third-order valence-electron chi connectivity index (χ3n) is 2.94. The number of nitrogens with zero attached hydrogens (tertiary/aromatic N) is 1. The number of halogens is 2. The number of benzene rings is 2. The normalized spacial score (nSPS) is 10.0. The number of nitrogens with one attached hydrogen (secondary N) is 1. The van der Waals surface area contributed by atoms with E-state index in [1.165, 1.54) is 12.1 Å². The van der Waals surface area contributed by atoms with E-state index in [2.05, 4.69) is 5.32 Å². The van der Waals surface area contributed by atoms with E-state index < -0.39 is 5.82 Å². The fraction of sp³-hybridized carbons (Fsp3) is 0.133. The van der Waals surface area contributed by atoms with E-state index in [-0.39, 0.29) is 17.9 Å². The van der Waals surface area contributed by atoms with Gasteiger partial charge in [-0.25, -0.2) is 8.78 Å². The highest BCUT2D eigenvalue weighted by Gasteiger charge is 2.08. The molecule has 0 spiro atoms. The van der Waals surface area contributed by atoms with Crippen LogP contribution in [-0.4, -0.2) is 0 Å². The lowest BCUT2D eigenvalue weighted by Crippen LogP contribution is -2.04. The molecule has 0 fully saturated rings. The summed E-state index contributed by atoms with van der Waals surface area (Å²) >= 11 is 0. The van der Waals surface area contributed by atoms with Crippen molar-refractivity contribution in [3.8, 4) is 6.07 Å². The Morgan fingerprint density at radius 3 is 2.63 bits per heavy atom. The van der Waals surface area contributed by atoms with Gasteiger partial charge in [0, 0.05) is 23.4 Å². The van der Waals surface area contributed by atoms with Crippen molar-refractivity contribution >= 4 is 5.69 Å². The molecule has 0 saturated carbocycles. The highest BCUT2D eigenvalue weighted by Crippen LogP contribution is 2.19. The zero-order valence-electron chi connectivity index (χ0n) is 10.4. The van der Waals surface area contributed by atoms with E-state index >= 15 is 0 Å². The van der Waals surface area contributed by atoms with Crippen LogP contribution < -0.4 is 5.32 Å². The highest BCUT2D eigenvalue weighted by molar-refractivity contribution is 5.51. The van der Waals surface area contributed by atoms with E-state index in [0.717, 1.165) is 0 Å². The van der Waals surface area contributed by atoms with Crippen LogP contribution in [0.15, 0.2) is 36.4 Å². The third-order valence-corrected chi connectivity index (χ3v) is 2.94. The molecule has 0 aliphatic carbocycles. The number of anilines is 1. The van der Waals surface area contributed by atoms with Gasteiger partial charge in [0.05, 0.1) is 5.56 Å². The second-order valence-corrected chi connectivity index (χ2v) is 4.16. The zero-order chi connectivity index (χ0) is 13.8. The molecule has 0 aliphatic heterocycles. The number of rotatable bonds is 3. The van der Waals surface area contributed by atoms with E-state index in [9.17, 15) is 8.78 Å². The lowest BCUT2D eigenvalue weighted by Gasteiger charge is -2.11. The van der Waals surface area contributed by atoms with Gasteiger partial charge >= 0.3 is 0 Å². The highest BCUT2D eigenvalue weighted by atomic mass is 19.1. The topological polar surface area (TPSA) is 35.8 Å². The average Bonchev–Trinajstić information content (AvgIpc) is 2.42. The summed E-state index contributed by atoms with van der Waals surface area (Å²) in [7, 11) is 0. The maximum absolute atomic E-state index is 13.8. The molecular weight excluding hydrogens is 246 g/mol. The molecule has 19 heavy (non-hydrogen) atoms. The smallest absolute Gasteiger partial charge is 0.145 e. The van der Waals surface area contributed by atoms with Crippen LogP contribution in [-0.2, 0) is 6.54 Å². The lowest BCUT2D eigenvalue weighted by molar-refractivity contribution is 0.608. The molecule has 0 heterocycles. The molecule has 0 bridgehead atoms. The summed E-state index contributed by atoms with van der Waals surface area (Å²) in [5.74, 6) is -0.845. The monoisotopic (exact) mass is 258 g/mol. The van der Waals surface area contributed by atoms with Gasteiger partial charge in [-0.1, -0.05) is 18.2 Å². The van der Waals surface area contributed by atoms with Crippen molar-refractivity contribution in [1.82, 2.24) is 0 Å². The van der Waals surface area contributed by atoms with E-state index in [1.54, 1.807) is 37.3 Å². The van der Waals surface area contributed by atoms with Gasteiger partial charge in [0.1, 0.15) is 17.7 Å². The Bertz CT molecular complexity index is 645. The second-order valence-electron chi connectivity index (χ2n) is 4.16. The van der Waals surface area contributed by atoms with Crippen LogP contribution >= 0.6 is 0 Å². The predicted molar refractivity (Wildman–Crippen MR) is 69.6 cm³/mol. The molecule has 96 valence electrons. The molecule has 0 atom stereocenters. The van der Waals surface area contributed by atoms with Gasteiger partial charge < -0.3 is 5.32 Å². The average molecular weight is 258 g/mol. The van der Waals surface area contributed by atoms with Crippen molar-refractivity contribution in [2.24, 2.45) is 0 Å². The summed E-state index contributed by atoms with van der Waals surface area (Å²) in [5.41, 5.74) is 1.49. The van der Waals surface area contributed by atoms with Gasteiger partial charge in [0.25, 0.3) is 0 Å². The van der Waals surface area contributed by atoms with Gasteiger partial charge in [-0.3, -0.25) is 0 Å². The first-order valence-corrected chi connectivity index (χ1v) is 5.80. The number of hydrogen-bond acceptors (Lipinski definition) is 2. The van der Waals surface area contributed by atoms with E-state index in [1.807, 2.05) is 0 Å². The molecular formula is C15H12F2N2. The van der Waals surface area contributed by atoms with Gasteiger partial charge in [0.2, 0.25) is 0 Å². The molecule has 0 amide bonds. The Labute approximate surface area is 110 Å². The maximum Gasteiger partial charge on any atom is 0.145 e. The molecule has 2 aromatic carbocycles. The van der Waals surface area contributed by atoms with Crippen LogP contribution in [0.2, 0.25) is 0 Å². The first-order valence-electron chi connectivity index (χ1n) is 5.80. The minimum absolute atomic E-state index is 0.00950. The van der Waals surface area contributed by atoms with Crippen LogP contribution in [0.5, 0.6) is 0 Å². The van der Waals surface area contributed by atoms with Crippen molar-refractivity contribution in [2.75, 3.05) is 5.32 Å².